The van der Waals surface area contributed by atoms with Crippen molar-refractivity contribution in [1.82, 2.24) is 10.4 Å². The molecule has 1 atom stereocenters. The third-order valence-electron chi connectivity index (χ3n) is 3.01. The maximum absolute atomic E-state index is 13.1. The molecule has 1 aromatic heterocycles. The number of rotatable bonds is 4. The molecule has 0 aliphatic heterocycles. The monoisotopic (exact) mass is 323 g/mol. The van der Waals surface area contributed by atoms with Crippen LogP contribution >= 0.6 is 15.9 Å². The molecule has 0 aliphatic carbocycles. The van der Waals surface area contributed by atoms with Gasteiger partial charge in [0.05, 0.1) is 6.04 Å². The summed E-state index contributed by atoms with van der Waals surface area (Å²) in [7, 11) is 0. The molecular weight excluding hydrogens is 309 g/mol. The summed E-state index contributed by atoms with van der Waals surface area (Å²) in [5.74, 6) is 5.37. The van der Waals surface area contributed by atoms with Crippen molar-refractivity contribution in [1.29, 1.82) is 0 Å². The number of benzene rings is 1. The molecular formula is C14H15BrFN3. The number of hydrogen-bond acceptors (Lipinski definition) is 3. The summed E-state index contributed by atoms with van der Waals surface area (Å²) in [4.78, 5) is 4.32. The van der Waals surface area contributed by atoms with Crippen LogP contribution < -0.4 is 11.3 Å². The van der Waals surface area contributed by atoms with Crippen molar-refractivity contribution in [3.8, 4) is 0 Å². The van der Waals surface area contributed by atoms with E-state index >= 15 is 0 Å². The average Bonchev–Trinajstić information content (AvgIpc) is 2.39. The van der Waals surface area contributed by atoms with Crippen LogP contribution in [0.5, 0.6) is 0 Å². The van der Waals surface area contributed by atoms with Gasteiger partial charge in [0.15, 0.2) is 0 Å². The van der Waals surface area contributed by atoms with Crippen LogP contribution in [0.4, 0.5) is 4.39 Å². The number of hydrogen-bond donors (Lipinski definition) is 2. The molecule has 2 rings (SSSR count). The Hall–Kier alpha value is -1.30. The van der Waals surface area contributed by atoms with E-state index in [0.29, 0.717) is 6.42 Å². The molecule has 3 nitrogen and oxygen atoms in total. The Balaban J connectivity index is 2.22. The van der Waals surface area contributed by atoms with Gasteiger partial charge >= 0.3 is 0 Å². The van der Waals surface area contributed by atoms with Crippen molar-refractivity contribution in [2.45, 2.75) is 19.4 Å². The fraction of sp³-hybridized carbons (Fsp3) is 0.214. The molecule has 5 heteroatoms. The van der Waals surface area contributed by atoms with Crippen molar-refractivity contribution >= 4 is 15.9 Å². The van der Waals surface area contributed by atoms with Gasteiger partial charge in [0.2, 0.25) is 0 Å². The minimum atomic E-state index is -0.237. The van der Waals surface area contributed by atoms with Gasteiger partial charge in [-0.05, 0) is 58.2 Å². The second-order valence-corrected chi connectivity index (χ2v) is 5.31. The van der Waals surface area contributed by atoms with Crippen molar-refractivity contribution in [2.75, 3.05) is 0 Å². The standard InChI is InChI=1S/C14H15BrFN3/c1-9-6-11(16)3-5-13(9)14(19-17)7-12-4-2-10(15)8-18-12/h2-6,8,14,19H,7,17H2,1H3. The number of aromatic nitrogens is 1. The Morgan fingerprint density at radius 3 is 2.74 bits per heavy atom. The molecule has 3 N–H and O–H groups in total. The highest BCUT2D eigenvalue weighted by Gasteiger charge is 2.14. The highest BCUT2D eigenvalue weighted by atomic mass is 79.9. The van der Waals surface area contributed by atoms with Crippen LogP contribution in [-0.4, -0.2) is 4.98 Å². The van der Waals surface area contributed by atoms with Crippen LogP contribution in [0.3, 0.4) is 0 Å². The largest absolute Gasteiger partial charge is 0.271 e. The van der Waals surface area contributed by atoms with Gasteiger partial charge in [-0.25, -0.2) is 4.39 Å². The fourth-order valence-electron chi connectivity index (χ4n) is 2.03. The van der Waals surface area contributed by atoms with Crippen LogP contribution in [-0.2, 0) is 6.42 Å². The fourth-order valence-corrected chi connectivity index (χ4v) is 2.26. The third kappa shape index (κ3) is 3.59. The first-order valence-electron chi connectivity index (χ1n) is 5.92. The summed E-state index contributed by atoms with van der Waals surface area (Å²) < 4.78 is 14.1. The lowest BCUT2D eigenvalue weighted by Gasteiger charge is -2.18. The Bertz CT molecular complexity index is 557. The van der Waals surface area contributed by atoms with Crippen LogP contribution in [0, 0.1) is 12.7 Å². The average molecular weight is 324 g/mol. The van der Waals surface area contributed by atoms with Crippen LogP contribution in [0.15, 0.2) is 41.0 Å². The van der Waals surface area contributed by atoms with E-state index in [2.05, 4.69) is 26.3 Å². The van der Waals surface area contributed by atoms with E-state index in [4.69, 9.17) is 5.84 Å². The summed E-state index contributed by atoms with van der Waals surface area (Å²) in [6.45, 7) is 1.87. The highest BCUT2D eigenvalue weighted by Crippen LogP contribution is 2.21. The summed E-state index contributed by atoms with van der Waals surface area (Å²) in [6, 6.07) is 8.50. The van der Waals surface area contributed by atoms with Gasteiger partial charge in [0.25, 0.3) is 0 Å². The molecule has 0 aliphatic rings. The lowest BCUT2D eigenvalue weighted by atomic mass is 9.97. The van der Waals surface area contributed by atoms with Gasteiger partial charge in [-0.2, -0.15) is 0 Å². The normalized spacial score (nSPS) is 12.4. The molecule has 1 aromatic carbocycles. The van der Waals surface area contributed by atoms with E-state index in [1.54, 1.807) is 12.3 Å². The summed E-state index contributed by atoms with van der Waals surface area (Å²) in [5, 5.41) is 0. The molecule has 0 amide bonds. The smallest absolute Gasteiger partial charge is 0.123 e. The third-order valence-corrected chi connectivity index (χ3v) is 3.48. The van der Waals surface area contributed by atoms with Crippen LogP contribution in [0.2, 0.25) is 0 Å². The van der Waals surface area contributed by atoms with Gasteiger partial charge < -0.3 is 0 Å². The van der Waals surface area contributed by atoms with Crippen molar-refractivity contribution in [3.63, 3.8) is 0 Å². The Kier molecular flexibility index (Phi) is 4.63. The lowest BCUT2D eigenvalue weighted by Crippen LogP contribution is -2.30. The molecule has 1 heterocycles. The zero-order chi connectivity index (χ0) is 13.8. The van der Waals surface area contributed by atoms with Gasteiger partial charge in [-0.3, -0.25) is 16.3 Å². The second kappa shape index (κ2) is 6.23. The van der Waals surface area contributed by atoms with E-state index < -0.39 is 0 Å². The molecule has 1 unspecified atom stereocenters. The van der Waals surface area contributed by atoms with E-state index in [9.17, 15) is 4.39 Å². The molecule has 2 aromatic rings. The van der Waals surface area contributed by atoms with Crippen molar-refractivity contribution < 1.29 is 4.39 Å². The van der Waals surface area contributed by atoms with Gasteiger partial charge in [-0.15, -0.1) is 0 Å². The second-order valence-electron chi connectivity index (χ2n) is 4.39. The zero-order valence-corrected chi connectivity index (χ0v) is 12.1. The molecule has 0 saturated carbocycles. The van der Waals surface area contributed by atoms with Crippen LogP contribution in [0.25, 0.3) is 0 Å². The first-order valence-corrected chi connectivity index (χ1v) is 6.72. The minimum absolute atomic E-state index is 0.0886. The number of nitrogens with two attached hydrogens (primary N) is 1. The number of nitrogens with zero attached hydrogens (tertiary/aromatic N) is 1. The first kappa shape index (κ1) is 14.1. The van der Waals surface area contributed by atoms with Gasteiger partial charge in [0.1, 0.15) is 5.82 Å². The maximum atomic E-state index is 13.1. The molecule has 0 spiro atoms. The number of pyridine rings is 1. The summed E-state index contributed by atoms with van der Waals surface area (Å²) in [5.41, 5.74) is 5.55. The summed E-state index contributed by atoms with van der Waals surface area (Å²) in [6.07, 6.45) is 2.40. The molecule has 0 saturated heterocycles. The van der Waals surface area contributed by atoms with Crippen LogP contribution in [0.1, 0.15) is 22.9 Å². The van der Waals surface area contributed by atoms with Gasteiger partial charge in [-0.1, -0.05) is 6.07 Å². The number of nitrogens with one attached hydrogen (secondary N) is 1. The lowest BCUT2D eigenvalue weighted by molar-refractivity contribution is 0.540. The SMILES string of the molecule is Cc1cc(F)ccc1C(Cc1ccc(Br)cn1)NN. The molecule has 100 valence electrons. The quantitative estimate of drug-likeness (QED) is 0.671. The van der Waals surface area contributed by atoms with Gasteiger partial charge in [0, 0.05) is 22.8 Å². The maximum Gasteiger partial charge on any atom is 0.123 e. The Labute approximate surface area is 120 Å². The number of hydrazine groups is 1. The topological polar surface area (TPSA) is 50.9 Å². The van der Waals surface area contributed by atoms with E-state index in [0.717, 1.165) is 21.3 Å². The van der Waals surface area contributed by atoms with E-state index in [-0.39, 0.29) is 11.9 Å². The first-order chi connectivity index (χ1) is 9.10. The number of halogens is 2. The predicted octanol–water partition coefficient (Wildman–Crippen LogP) is 3.04. The molecule has 0 radical (unpaired) electrons. The minimum Gasteiger partial charge on any atom is -0.271 e. The highest BCUT2D eigenvalue weighted by molar-refractivity contribution is 9.10. The predicted molar refractivity (Wildman–Crippen MR) is 76.8 cm³/mol. The van der Waals surface area contributed by atoms with Crippen molar-refractivity contribution in [3.05, 3.63) is 63.6 Å². The Morgan fingerprint density at radius 1 is 1.37 bits per heavy atom. The van der Waals surface area contributed by atoms with E-state index in [1.807, 2.05) is 19.1 Å². The van der Waals surface area contributed by atoms with E-state index in [1.165, 1.54) is 12.1 Å². The zero-order valence-electron chi connectivity index (χ0n) is 10.5. The number of aryl methyl sites for hydroxylation is 1. The molecule has 0 fully saturated rings. The van der Waals surface area contributed by atoms with Crippen molar-refractivity contribution in [2.24, 2.45) is 5.84 Å². The molecule has 19 heavy (non-hydrogen) atoms. The summed E-state index contributed by atoms with van der Waals surface area (Å²) >= 11 is 3.35. The molecule has 0 bridgehead atoms. The Morgan fingerprint density at radius 2 is 2.16 bits per heavy atom.